The first kappa shape index (κ1) is 11.7. The molecule has 1 unspecified atom stereocenters. The van der Waals surface area contributed by atoms with Crippen LogP contribution < -0.4 is 5.73 Å². The molecule has 0 saturated carbocycles. The Balaban J connectivity index is 2.16. The van der Waals surface area contributed by atoms with Crippen molar-refractivity contribution in [2.24, 2.45) is 10.7 Å². The molecule has 2 N–H and O–H groups in total. The highest BCUT2D eigenvalue weighted by molar-refractivity contribution is 5.81. The van der Waals surface area contributed by atoms with Crippen molar-refractivity contribution in [2.75, 3.05) is 19.6 Å². The molecule has 1 spiro atoms. The quantitative estimate of drug-likeness (QED) is 0.757. The Morgan fingerprint density at radius 3 is 2.44 bits per heavy atom. The minimum absolute atomic E-state index is 0.183. The van der Waals surface area contributed by atoms with Gasteiger partial charge in [-0.05, 0) is 34.1 Å². The summed E-state index contributed by atoms with van der Waals surface area (Å²) in [6.07, 6.45) is 1.19. The minimum Gasteiger partial charge on any atom is -0.370 e. The summed E-state index contributed by atoms with van der Waals surface area (Å²) in [6, 6.07) is 1.06. The van der Waals surface area contributed by atoms with E-state index in [1.54, 1.807) is 0 Å². The molecule has 92 valence electrons. The predicted octanol–water partition coefficient (Wildman–Crippen LogP) is 0.878. The molecular weight excluding hydrogens is 200 g/mol. The summed E-state index contributed by atoms with van der Waals surface area (Å²) in [7, 11) is 0. The van der Waals surface area contributed by atoms with Crippen LogP contribution >= 0.6 is 0 Å². The summed E-state index contributed by atoms with van der Waals surface area (Å²) >= 11 is 0. The maximum Gasteiger partial charge on any atom is 0.192 e. The van der Waals surface area contributed by atoms with Crippen LogP contribution in [-0.2, 0) is 0 Å². The summed E-state index contributed by atoms with van der Waals surface area (Å²) in [5, 5.41) is 0. The van der Waals surface area contributed by atoms with Gasteiger partial charge in [0, 0.05) is 25.2 Å². The highest BCUT2D eigenvalue weighted by Crippen LogP contribution is 2.34. The summed E-state index contributed by atoms with van der Waals surface area (Å²) in [6.45, 7) is 12.1. The van der Waals surface area contributed by atoms with Crippen LogP contribution in [0.4, 0.5) is 0 Å². The molecular formula is C12H24N4. The Hall–Kier alpha value is -0.770. The molecule has 0 amide bonds. The van der Waals surface area contributed by atoms with Gasteiger partial charge in [-0.2, -0.15) is 0 Å². The number of hydrogen-bond acceptors (Lipinski definition) is 4. The van der Waals surface area contributed by atoms with Crippen LogP contribution in [0.15, 0.2) is 4.99 Å². The van der Waals surface area contributed by atoms with Gasteiger partial charge in [-0.1, -0.05) is 0 Å². The topological polar surface area (TPSA) is 44.9 Å². The molecule has 0 aromatic rings. The monoisotopic (exact) mass is 224 g/mol. The zero-order chi connectivity index (χ0) is 11.9. The Kier molecular flexibility index (Phi) is 2.86. The van der Waals surface area contributed by atoms with Gasteiger partial charge in [0.2, 0.25) is 0 Å². The first-order chi connectivity index (χ1) is 7.46. The van der Waals surface area contributed by atoms with Crippen LogP contribution in [0.25, 0.3) is 0 Å². The number of hydrogen-bond donors (Lipinski definition) is 1. The van der Waals surface area contributed by atoms with Gasteiger partial charge in [0.15, 0.2) is 5.96 Å². The standard InChI is InChI=1S/C12H24N4/c1-9(2)15-6-5-12(8-15)7-14-11(13)16(12)10(3)4/h9-10H,5-8H2,1-4H3,(H2,13,14). The van der Waals surface area contributed by atoms with Crippen LogP contribution in [0.3, 0.4) is 0 Å². The van der Waals surface area contributed by atoms with Gasteiger partial charge in [-0.15, -0.1) is 0 Å². The highest BCUT2D eigenvalue weighted by Gasteiger charge is 2.48. The highest BCUT2D eigenvalue weighted by atomic mass is 15.4. The zero-order valence-electron chi connectivity index (χ0n) is 10.9. The van der Waals surface area contributed by atoms with Crippen LogP contribution in [0.2, 0.25) is 0 Å². The molecule has 4 heteroatoms. The molecule has 1 saturated heterocycles. The van der Waals surface area contributed by atoms with Crippen molar-refractivity contribution >= 4 is 5.96 Å². The molecule has 2 aliphatic rings. The molecule has 0 aromatic heterocycles. The first-order valence-corrected chi connectivity index (χ1v) is 6.29. The second-order valence-corrected chi connectivity index (χ2v) is 5.68. The van der Waals surface area contributed by atoms with E-state index in [9.17, 15) is 0 Å². The van der Waals surface area contributed by atoms with Gasteiger partial charge >= 0.3 is 0 Å². The van der Waals surface area contributed by atoms with Gasteiger partial charge in [0.25, 0.3) is 0 Å². The number of rotatable bonds is 2. The molecule has 0 radical (unpaired) electrons. The number of nitrogens with zero attached hydrogens (tertiary/aromatic N) is 3. The lowest BCUT2D eigenvalue weighted by Gasteiger charge is -2.39. The zero-order valence-corrected chi connectivity index (χ0v) is 10.9. The molecule has 0 aliphatic carbocycles. The van der Waals surface area contributed by atoms with E-state index in [0.717, 1.165) is 19.0 Å². The predicted molar refractivity (Wildman–Crippen MR) is 67.5 cm³/mol. The lowest BCUT2D eigenvalue weighted by Crippen LogP contribution is -2.56. The van der Waals surface area contributed by atoms with Crippen molar-refractivity contribution < 1.29 is 0 Å². The van der Waals surface area contributed by atoms with E-state index in [4.69, 9.17) is 5.73 Å². The summed E-state index contributed by atoms with van der Waals surface area (Å²) in [5.74, 6) is 0.737. The van der Waals surface area contributed by atoms with E-state index in [-0.39, 0.29) is 5.54 Å². The fourth-order valence-corrected chi connectivity index (χ4v) is 3.09. The largest absolute Gasteiger partial charge is 0.370 e. The maximum atomic E-state index is 6.01. The lowest BCUT2D eigenvalue weighted by molar-refractivity contribution is 0.155. The molecule has 2 aliphatic heterocycles. The Bertz CT molecular complexity index is 297. The number of nitrogens with two attached hydrogens (primary N) is 1. The Morgan fingerprint density at radius 2 is 1.94 bits per heavy atom. The van der Waals surface area contributed by atoms with E-state index in [0.29, 0.717) is 12.1 Å². The molecule has 1 fully saturated rings. The van der Waals surface area contributed by atoms with E-state index >= 15 is 0 Å². The molecule has 0 bridgehead atoms. The molecule has 1 atom stereocenters. The minimum atomic E-state index is 0.183. The summed E-state index contributed by atoms with van der Waals surface area (Å²) < 4.78 is 0. The second-order valence-electron chi connectivity index (χ2n) is 5.68. The molecule has 16 heavy (non-hydrogen) atoms. The maximum absolute atomic E-state index is 6.01. The number of aliphatic imine (C=N–C) groups is 1. The fourth-order valence-electron chi connectivity index (χ4n) is 3.09. The summed E-state index contributed by atoms with van der Waals surface area (Å²) in [4.78, 5) is 9.32. The van der Waals surface area contributed by atoms with Crippen LogP contribution in [-0.4, -0.2) is 53.0 Å². The summed E-state index contributed by atoms with van der Waals surface area (Å²) in [5.41, 5.74) is 6.20. The van der Waals surface area contributed by atoms with Crippen molar-refractivity contribution in [3.8, 4) is 0 Å². The van der Waals surface area contributed by atoms with Gasteiger partial charge in [0.05, 0.1) is 12.1 Å². The molecule has 0 aromatic carbocycles. The Morgan fingerprint density at radius 1 is 1.25 bits per heavy atom. The average molecular weight is 224 g/mol. The van der Waals surface area contributed by atoms with E-state index < -0.39 is 0 Å². The van der Waals surface area contributed by atoms with Crippen LogP contribution in [0.5, 0.6) is 0 Å². The van der Waals surface area contributed by atoms with Gasteiger partial charge in [-0.25, -0.2) is 0 Å². The normalized spacial score (nSPS) is 31.1. The first-order valence-electron chi connectivity index (χ1n) is 6.29. The SMILES string of the molecule is CC(C)N1CCC2(CN=C(N)N2C(C)C)C1. The number of likely N-dealkylation sites (tertiary alicyclic amines) is 1. The van der Waals surface area contributed by atoms with Crippen molar-refractivity contribution in [3.05, 3.63) is 0 Å². The van der Waals surface area contributed by atoms with E-state index in [1.165, 1.54) is 13.0 Å². The van der Waals surface area contributed by atoms with Crippen molar-refractivity contribution in [2.45, 2.75) is 51.7 Å². The van der Waals surface area contributed by atoms with Crippen molar-refractivity contribution in [1.82, 2.24) is 9.80 Å². The van der Waals surface area contributed by atoms with Crippen LogP contribution in [0, 0.1) is 0 Å². The van der Waals surface area contributed by atoms with Crippen molar-refractivity contribution in [1.29, 1.82) is 0 Å². The number of guanidine groups is 1. The second kappa shape index (κ2) is 3.91. The lowest BCUT2D eigenvalue weighted by atomic mass is 9.96. The third kappa shape index (κ3) is 1.69. The molecule has 4 nitrogen and oxygen atoms in total. The van der Waals surface area contributed by atoms with Gasteiger partial charge in [0.1, 0.15) is 0 Å². The molecule has 2 heterocycles. The van der Waals surface area contributed by atoms with Crippen LogP contribution in [0.1, 0.15) is 34.1 Å². The van der Waals surface area contributed by atoms with E-state index in [2.05, 4.69) is 42.5 Å². The smallest absolute Gasteiger partial charge is 0.192 e. The third-order valence-electron chi connectivity index (χ3n) is 3.90. The fraction of sp³-hybridized carbons (Fsp3) is 0.917. The van der Waals surface area contributed by atoms with Gasteiger partial charge < -0.3 is 10.6 Å². The van der Waals surface area contributed by atoms with Crippen molar-refractivity contribution in [3.63, 3.8) is 0 Å². The average Bonchev–Trinajstić information content (AvgIpc) is 2.73. The molecule has 2 rings (SSSR count). The Labute approximate surface area is 98.5 Å². The van der Waals surface area contributed by atoms with E-state index in [1.807, 2.05) is 0 Å². The van der Waals surface area contributed by atoms with Gasteiger partial charge in [-0.3, -0.25) is 9.89 Å². The third-order valence-corrected chi connectivity index (χ3v) is 3.90.